The van der Waals surface area contributed by atoms with Gasteiger partial charge in [0.05, 0.1) is 6.04 Å². The third kappa shape index (κ3) is 3.76. The molecule has 0 radical (unpaired) electrons. The van der Waals surface area contributed by atoms with Crippen molar-refractivity contribution in [1.29, 1.82) is 0 Å². The van der Waals surface area contributed by atoms with E-state index in [1.165, 1.54) is 6.07 Å². The van der Waals surface area contributed by atoms with Gasteiger partial charge in [-0.1, -0.05) is 18.9 Å². The van der Waals surface area contributed by atoms with E-state index in [-0.39, 0.29) is 18.5 Å². The molecule has 110 valence electrons. The fourth-order valence-corrected chi connectivity index (χ4v) is 2.54. The molecule has 0 saturated carbocycles. The third-order valence-electron chi connectivity index (χ3n) is 3.77. The van der Waals surface area contributed by atoms with Crippen molar-refractivity contribution in [2.75, 3.05) is 13.6 Å². The summed E-state index contributed by atoms with van der Waals surface area (Å²) in [5.41, 5.74) is 0.563. The molecule has 3 nitrogen and oxygen atoms in total. The number of halogens is 2. The molecule has 0 bridgehead atoms. The number of amides is 1. The lowest BCUT2D eigenvalue weighted by molar-refractivity contribution is -0.126. The SMILES string of the molecule is CN1CCCCCC1C(=O)NCc1ccc(F)c(F)c1. The largest absolute Gasteiger partial charge is 0.351 e. The van der Waals surface area contributed by atoms with Crippen LogP contribution in [0.15, 0.2) is 18.2 Å². The van der Waals surface area contributed by atoms with E-state index in [1.54, 1.807) is 0 Å². The van der Waals surface area contributed by atoms with Gasteiger partial charge < -0.3 is 5.32 Å². The Hall–Kier alpha value is -1.49. The van der Waals surface area contributed by atoms with Gasteiger partial charge in [0.15, 0.2) is 11.6 Å². The lowest BCUT2D eigenvalue weighted by atomic mass is 10.1. The highest BCUT2D eigenvalue weighted by molar-refractivity contribution is 5.81. The van der Waals surface area contributed by atoms with Gasteiger partial charge in [0.1, 0.15) is 0 Å². The van der Waals surface area contributed by atoms with Crippen LogP contribution in [0.4, 0.5) is 8.78 Å². The second-order valence-corrected chi connectivity index (χ2v) is 5.31. The zero-order valence-corrected chi connectivity index (χ0v) is 11.7. The molecule has 0 spiro atoms. The van der Waals surface area contributed by atoms with Gasteiger partial charge in [-0.2, -0.15) is 0 Å². The normalized spacial score (nSPS) is 20.4. The van der Waals surface area contributed by atoms with Crippen molar-refractivity contribution in [2.45, 2.75) is 38.3 Å². The average molecular weight is 282 g/mol. The summed E-state index contributed by atoms with van der Waals surface area (Å²) < 4.78 is 25.9. The molecule has 0 aliphatic carbocycles. The Morgan fingerprint density at radius 1 is 1.30 bits per heavy atom. The molecule has 0 aromatic heterocycles. The molecular formula is C15H20F2N2O. The summed E-state index contributed by atoms with van der Waals surface area (Å²) in [6, 6.07) is 3.55. The number of likely N-dealkylation sites (N-methyl/N-ethyl adjacent to an activating group) is 1. The summed E-state index contributed by atoms with van der Waals surface area (Å²) in [7, 11) is 1.95. The van der Waals surface area contributed by atoms with Crippen LogP contribution in [0.3, 0.4) is 0 Å². The first-order valence-corrected chi connectivity index (χ1v) is 7.00. The van der Waals surface area contributed by atoms with Crippen LogP contribution in [-0.4, -0.2) is 30.4 Å². The van der Waals surface area contributed by atoms with Gasteiger partial charge in [0.2, 0.25) is 5.91 Å². The summed E-state index contributed by atoms with van der Waals surface area (Å²) in [6.45, 7) is 1.14. The number of likely N-dealkylation sites (tertiary alicyclic amines) is 1. The Morgan fingerprint density at radius 3 is 2.85 bits per heavy atom. The molecule has 1 heterocycles. The standard InChI is InChI=1S/C15H20F2N2O/c1-19-8-4-2-3-5-14(19)15(20)18-10-11-6-7-12(16)13(17)9-11/h6-7,9,14H,2-5,8,10H2,1H3,(H,18,20). The van der Waals surface area contributed by atoms with Crippen molar-refractivity contribution in [1.82, 2.24) is 10.2 Å². The topological polar surface area (TPSA) is 32.3 Å². The zero-order valence-electron chi connectivity index (χ0n) is 11.7. The predicted octanol–water partition coefficient (Wildman–Crippen LogP) is 2.46. The van der Waals surface area contributed by atoms with Crippen LogP contribution in [0.25, 0.3) is 0 Å². The number of hydrogen-bond acceptors (Lipinski definition) is 2. The molecule has 1 amide bonds. The third-order valence-corrected chi connectivity index (χ3v) is 3.77. The first-order chi connectivity index (χ1) is 9.58. The Balaban J connectivity index is 1.92. The maximum absolute atomic E-state index is 13.1. The second kappa shape index (κ2) is 6.79. The van der Waals surface area contributed by atoms with Gasteiger partial charge in [-0.3, -0.25) is 9.69 Å². The van der Waals surface area contributed by atoms with E-state index in [0.29, 0.717) is 5.56 Å². The lowest BCUT2D eigenvalue weighted by Crippen LogP contribution is -2.44. The van der Waals surface area contributed by atoms with Gasteiger partial charge in [-0.15, -0.1) is 0 Å². The minimum Gasteiger partial charge on any atom is -0.351 e. The van der Waals surface area contributed by atoms with Crippen LogP contribution < -0.4 is 5.32 Å². The maximum Gasteiger partial charge on any atom is 0.237 e. The van der Waals surface area contributed by atoms with Crippen molar-refractivity contribution in [2.24, 2.45) is 0 Å². The van der Waals surface area contributed by atoms with E-state index in [9.17, 15) is 13.6 Å². The number of nitrogens with one attached hydrogen (secondary N) is 1. The molecule has 1 aromatic rings. The summed E-state index contributed by atoms with van der Waals surface area (Å²) in [5.74, 6) is -1.80. The molecule has 1 aliphatic rings. The number of carbonyl (C=O) groups is 1. The fourth-order valence-electron chi connectivity index (χ4n) is 2.54. The highest BCUT2D eigenvalue weighted by Crippen LogP contribution is 2.15. The van der Waals surface area contributed by atoms with Crippen LogP contribution in [-0.2, 0) is 11.3 Å². The van der Waals surface area contributed by atoms with Gasteiger partial charge in [0.25, 0.3) is 0 Å². The molecule has 1 aromatic carbocycles. The summed E-state index contributed by atoms with van der Waals surface area (Å²) >= 11 is 0. The fraction of sp³-hybridized carbons (Fsp3) is 0.533. The molecule has 1 saturated heterocycles. The zero-order chi connectivity index (χ0) is 14.5. The van der Waals surface area contributed by atoms with Crippen LogP contribution in [0.5, 0.6) is 0 Å². The first-order valence-electron chi connectivity index (χ1n) is 7.00. The van der Waals surface area contributed by atoms with Crippen LogP contribution >= 0.6 is 0 Å². The predicted molar refractivity (Wildman–Crippen MR) is 73.1 cm³/mol. The number of carbonyl (C=O) groups excluding carboxylic acids is 1. The summed E-state index contributed by atoms with van der Waals surface area (Å²) in [4.78, 5) is 14.2. The Kier molecular flexibility index (Phi) is 5.06. The van der Waals surface area contributed by atoms with Crippen molar-refractivity contribution in [3.8, 4) is 0 Å². The maximum atomic E-state index is 13.1. The molecule has 1 N–H and O–H groups in total. The van der Waals surface area contributed by atoms with E-state index in [4.69, 9.17) is 0 Å². The minimum absolute atomic E-state index is 0.0425. The molecule has 5 heteroatoms. The van der Waals surface area contributed by atoms with Gasteiger partial charge in [-0.25, -0.2) is 8.78 Å². The molecule has 20 heavy (non-hydrogen) atoms. The summed E-state index contributed by atoms with van der Waals surface area (Å²) in [5, 5.41) is 2.80. The molecule has 1 fully saturated rings. The van der Waals surface area contributed by atoms with Gasteiger partial charge in [0, 0.05) is 6.54 Å². The van der Waals surface area contributed by atoms with Crippen LogP contribution in [0.2, 0.25) is 0 Å². The van der Waals surface area contributed by atoms with Crippen molar-refractivity contribution in [3.63, 3.8) is 0 Å². The number of rotatable bonds is 3. The van der Waals surface area contributed by atoms with Crippen molar-refractivity contribution < 1.29 is 13.6 Å². The van der Waals surface area contributed by atoms with Crippen molar-refractivity contribution in [3.05, 3.63) is 35.4 Å². The molecule has 2 rings (SSSR count). The number of hydrogen-bond donors (Lipinski definition) is 1. The number of nitrogens with zero attached hydrogens (tertiary/aromatic N) is 1. The highest BCUT2D eigenvalue weighted by atomic mass is 19.2. The molecule has 1 unspecified atom stereocenters. The monoisotopic (exact) mass is 282 g/mol. The van der Waals surface area contributed by atoms with Crippen LogP contribution in [0, 0.1) is 11.6 Å². The van der Waals surface area contributed by atoms with Crippen LogP contribution in [0.1, 0.15) is 31.2 Å². The minimum atomic E-state index is -0.886. The van der Waals surface area contributed by atoms with E-state index >= 15 is 0 Å². The molecular weight excluding hydrogens is 262 g/mol. The van der Waals surface area contributed by atoms with Gasteiger partial charge in [-0.05, 0) is 44.1 Å². The Bertz CT molecular complexity index is 479. The number of benzene rings is 1. The van der Waals surface area contributed by atoms with E-state index in [2.05, 4.69) is 10.2 Å². The Labute approximate surface area is 118 Å². The Morgan fingerprint density at radius 2 is 2.10 bits per heavy atom. The van der Waals surface area contributed by atoms with E-state index < -0.39 is 11.6 Å². The van der Waals surface area contributed by atoms with E-state index in [1.807, 2.05) is 7.05 Å². The van der Waals surface area contributed by atoms with Gasteiger partial charge >= 0.3 is 0 Å². The quantitative estimate of drug-likeness (QED) is 0.923. The molecule has 1 aliphatic heterocycles. The lowest BCUT2D eigenvalue weighted by Gasteiger charge is -2.24. The van der Waals surface area contributed by atoms with Crippen molar-refractivity contribution >= 4 is 5.91 Å². The molecule has 1 atom stereocenters. The average Bonchev–Trinajstić information content (AvgIpc) is 2.64. The smallest absolute Gasteiger partial charge is 0.237 e. The van der Waals surface area contributed by atoms with E-state index in [0.717, 1.165) is 44.4 Å². The first kappa shape index (κ1) is 14.9. The highest BCUT2D eigenvalue weighted by Gasteiger charge is 2.24. The summed E-state index contributed by atoms with van der Waals surface area (Å²) in [6.07, 6.45) is 4.16. The second-order valence-electron chi connectivity index (χ2n) is 5.31.